The first-order valence-corrected chi connectivity index (χ1v) is 13.3. The summed E-state index contributed by atoms with van der Waals surface area (Å²) in [5.74, 6) is -0.697. The topological polar surface area (TPSA) is 113 Å². The third-order valence-corrected chi connectivity index (χ3v) is 9.05. The SMILES string of the molecule is COC(=O)C1C(O)c2sc(C(=O)N(C)Cc3ccccc3)cc2CN1S(=O)(=O)c1ccc(OC)cc1. The van der Waals surface area contributed by atoms with Crippen LogP contribution in [0.15, 0.2) is 65.6 Å². The summed E-state index contributed by atoms with van der Waals surface area (Å²) >= 11 is 1.05. The molecule has 1 aromatic heterocycles. The number of nitrogens with zero attached hydrogens (tertiary/aromatic N) is 2. The summed E-state index contributed by atoms with van der Waals surface area (Å²) in [6, 6.07) is 15.3. The van der Waals surface area contributed by atoms with Crippen LogP contribution < -0.4 is 4.74 Å². The molecule has 1 amide bonds. The highest BCUT2D eigenvalue weighted by Crippen LogP contribution is 2.41. The number of benzene rings is 2. The number of thiophene rings is 1. The molecule has 0 bridgehead atoms. The maximum absolute atomic E-state index is 13.5. The zero-order valence-corrected chi connectivity index (χ0v) is 21.6. The lowest BCUT2D eigenvalue weighted by atomic mass is 10.0. The van der Waals surface area contributed by atoms with E-state index < -0.39 is 28.1 Å². The van der Waals surface area contributed by atoms with Gasteiger partial charge in [-0.3, -0.25) is 9.59 Å². The van der Waals surface area contributed by atoms with Crippen molar-refractivity contribution < 1.29 is 32.6 Å². The van der Waals surface area contributed by atoms with Crippen molar-refractivity contribution in [2.45, 2.75) is 30.1 Å². The standard InChI is InChI=1S/C25H26N2O7S2/c1-26(14-16-7-5-4-6-8-16)24(29)20-13-17-15-27(21(25(30)34-3)22(28)23(17)35-20)36(31,32)19-11-9-18(33-2)10-12-19/h4-13,21-22,28H,14-15H2,1-3H3. The van der Waals surface area contributed by atoms with Crippen LogP contribution in [0, 0.1) is 0 Å². The molecule has 2 aromatic carbocycles. The number of methoxy groups -OCH3 is 2. The summed E-state index contributed by atoms with van der Waals surface area (Å²) in [4.78, 5) is 28.0. The van der Waals surface area contributed by atoms with Crippen LogP contribution in [0.25, 0.3) is 0 Å². The van der Waals surface area contributed by atoms with Crippen molar-refractivity contribution in [3.05, 3.63) is 81.5 Å². The number of hydrogen-bond donors (Lipinski definition) is 1. The van der Waals surface area contributed by atoms with E-state index >= 15 is 0 Å². The number of esters is 1. The van der Waals surface area contributed by atoms with Gasteiger partial charge in [-0.2, -0.15) is 4.31 Å². The van der Waals surface area contributed by atoms with Crippen molar-refractivity contribution in [2.24, 2.45) is 0 Å². The van der Waals surface area contributed by atoms with Crippen LogP contribution >= 0.6 is 11.3 Å². The molecule has 0 fully saturated rings. The third kappa shape index (κ3) is 4.87. The largest absolute Gasteiger partial charge is 0.497 e. The third-order valence-electron chi connectivity index (χ3n) is 5.97. The van der Waals surface area contributed by atoms with Gasteiger partial charge in [-0.15, -0.1) is 11.3 Å². The van der Waals surface area contributed by atoms with Gasteiger partial charge in [0.2, 0.25) is 10.0 Å². The number of amides is 1. The Morgan fingerprint density at radius 3 is 2.39 bits per heavy atom. The lowest BCUT2D eigenvalue weighted by molar-refractivity contribution is -0.150. The second-order valence-corrected chi connectivity index (χ2v) is 11.3. The van der Waals surface area contributed by atoms with E-state index in [4.69, 9.17) is 9.47 Å². The maximum Gasteiger partial charge on any atom is 0.327 e. The fourth-order valence-corrected chi connectivity index (χ4v) is 6.84. The Labute approximate surface area is 213 Å². The lowest BCUT2D eigenvalue weighted by Gasteiger charge is -2.35. The zero-order chi connectivity index (χ0) is 26.0. The number of ether oxygens (including phenoxy) is 2. The normalized spacial score (nSPS) is 17.8. The minimum atomic E-state index is -4.21. The molecule has 36 heavy (non-hydrogen) atoms. The quantitative estimate of drug-likeness (QED) is 0.468. The van der Waals surface area contributed by atoms with Crippen molar-refractivity contribution in [1.29, 1.82) is 0 Å². The van der Waals surface area contributed by atoms with E-state index in [0.717, 1.165) is 28.3 Å². The highest BCUT2D eigenvalue weighted by Gasteiger charge is 2.47. The first-order chi connectivity index (χ1) is 17.2. The second-order valence-electron chi connectivity index (χ2n) is 8.29. The van der Waals surface area contributed by atoms with Crippen LogP contribution in [0.4, 0.5) is 0 Å². The average Bonchev–Trinajstić information content (AvgIpc) is 3.33. The summed E-state index contributed by atoms with van der Waals surface area (Å²) in [6.45, 7) is 0.181. The molecule has 3 aromatic rings. The van der Waals surface area contributed by atoms with Crippen LogP contribution in [0.1, 0.15) is 31.8 Å². The summed E-state index contributed by atoms with van der Waals surface area (Å²) in [5.41, 5.74) is 1.42. The molecular formula is C25H26N2O7S2. The number of sulfonamides is 1. The zero-order valence-electron chi connectivity index (χ0n) is 20.0. The molecule has 1 aliphatic heterocycles. The lowest BCUT2D eigenvalue weighted by Crippen LogP contribution is -2.50. The van der Waals surface area contributed by atoms with Gasteiger partial charge in [-0.25, -0.2) is 8.42 Å². The van der Waals surface area contributed by atoms with E-state index in [0.29, 0.717) is 27.6 Å². The molecule has 2 heterocycles. The Hall–Kier alpha value is -3.25. The molecule has 0 saturated carbocycles. The van der Waals surface area contributed by atoms with Crippen molar-refractivity contribution in [1.82, 2.24) is 9.21 Å². The number of carbonyl (C=O) groups excluding carboxylic acids is 2. The number of carbonyl (C=O) groups is 2. The number of aliphatic hydroxyl groups is 1. The highest BCUT2D eigenvalue weighted by atomic mass is 32.2. The van der Waals surface area contributed by atoms with E-state index in [1.54, 1.807) is 18.0 Å². The Balaban J connectivity index is 1.67. The van der Waals surface area contributed by atoms with Gasteiger partial charge in [0.1, 0.15) is 11.9 Å². The summed E-state index contributed by atoms with van der Waals surface area (Å²) in [6.07, 6.45) is -1.50. The Bertz CT molecular complexity index is 1350. The highest BCUT2D eigenvalue weighted by molar-refractivity contribution is 7.89. The fourth-order valence-electron chi connectivity index (χ4n) is 4.09. The van der Waals surface area contributed by atoms with Gasteiger partial charge in [-0.05, 0) is 41.5 Å². The van der Waals surface area contributed by atoms with Gasteiger partial charge in [0.05, 0.1) is 24.0 Å². The maximum atomic E-state index is 13.5. The van der Waals surface area contributed by atoms with Crippen LogP contribution in [-0.4, -0.2) is 61.9 Å². The van der Waals surface area contributed by atoms with Crippen LogP contribution in [0.3, 0.4) is 0 Å². The van der Waals surface area contributed by atoms with Gasteiger partial charge in [0.25, 0.3) is 5.91 Å². The Kier molecular flexibility index (Phi) is 7.46. The Morgan fingerprint density at radius 2 is 1.78 bits per heavy atom. The number of hydrogen-bond acceptors (Lipinski definition) is 8. The van der Waals surface area contributed by atoms with Gasteiger partial charge in [0, 0.05) is 25.0 Å². The monoisotopic (exact) mass is 530 g/mol. The van der Waals surface area contributed by atoms with Gasteiger partial charge in [-0.1, -0.05) is 30.3 Å². The molecule has 2 unspecified atom stereocenters. The van der Waals surface area contributed by atoms with Gasteiger partial charge in [0.15, 0.2) is 6.04 Å². The predicted molar refractivity (Wildman–Crippen MR) is 133 cm³/mol. The molecule has 2 atom stereocenters. The fraction of sp³-hybridized carbons (Fsp3) is 0.280. The van der Waals surface area contributed by atoms with Crippen LogP contribution in [0.5, 0.6) is 5.75 Å². The van der Waals surface area contributed by atoms with Crippen molar-refractivity contribution in [3.8, 4) is 5.75 Å². The molecule has 9 nitrogen and oxygen atoms in total. The molecule has 190 valence electrons. The first kappa shape index (κ1) is 25.8. The van der Waals surface area contributed by atoms with E-state index in [1.807, 2.05) is 30.3 Å². The molecule has 0 saturated heterocycles. The van der Waals surface area contributed by atoms with Gasteiger partial charge < -0.3 is 19.5 Å². The number of rotatable bonds is 7. The van der Waals surface area contributed by atoms with Crippen molar-refractivity contribution in [2.75, 3.05) is 21.3 Å². The Morgan fingerprint density at radius 1 is 1.11 bits per heavy atom. The van der Waals surface area contributed by atoms with E-state index in [1.165, 1.54) is 31.4 Å². The van der Waals surface area contributed by atoms with Gasteiger partial charge >= 0.3 is 5.97 Å². The molecule has 0 aliphatic carbocycles. The summed E-state index contributed by atoms with van der Waals surface area (Å²) in [7, 11) is 0.0541. The molecule has 1 aliphatic rings. The predicted octanol–water partition coefficient (Wildman–Crippen LogP) is 2.81. The molecule has 4 rings (SSSR count). The minimum Gasteiger partial charge on any atom is -0.497 e. The van der Waals surface area contributed by atoms with Crippen molar-refractivity contribution in [3.63, 3.8) is 0 Å². The van der Waals surface area contributed by atoms with Crippen LogP contribution in [0.2, 0.25) is 0 Å². The molecular weight excluding hydrogens is 504 g/mol. The number of fused-ring (bicyclic) bond motifs is 1. The van der Waals surface area contributed by atoms with Crippen molar-refractivity contribution >= 4 is 33.2 Å². The second kappa shape index (κ2) is 10.4. The van der Waals surface area contributed by atoms with Crippen LogP contribution in [-0.2, 0) is 32.6 Å². The molecule has 0 spiro atoms. The van der Waals surface area contributed by atoms with E-state index in [-0.39, 0.29) is 17.3 Å². The van der Waals surface area contributed by atoms with E-state index in [9.17, 15) is 23.1 Å². The first-order valence-electron chi connectivity index (χ1n) is 11.0. The average molecular weight is 531 g/mol. The minimum absolute atomic E-state index is 0.0676. The number of aliphatic hydroxyl groups excluding tert-OH is 1. The summed E-state index contributed by atoms with van der Waals surface area (Å²) in [5, 5.41) is 11.1. The smallest absolute Gasteiger partial charge is 0.327 e. The summed E-state index contributed by atoms with van der Waals surface area (Å²) < 4.78 is 37.9. The molecule has 1 N–H and O–H groups in total. The van der Waals surface area contributed by atoms with E-state index in [2.05, 4.69) is 0 Å². The molecule has 0 radical (unpaired) electrons. The molecule has 11 heteroatoms.